The van der Waals surface area contributed by atoms with Gasteiger partial charge < -0.3 is 14.8 Å². The molecule has 0 saturated heterocycles. The predicted molar refractivity (Wildman–Crippen MR) is 115 cm³/mol. The van der Waals surface area contributed by atoms with Gasteiger partial charge >= 0.3 is 0 Å². The van der Waals surface area contributed by atoms with Crippen molar-refractivity contribution in [2.75, 3.05) is 0 Å². The Morgan fingerprint density at radius 2 is 1.58 bits per heavy atom. The number of azo groups is 1. The monoisotopic (exact) mass is 414 g/mol. The predicted octanol–water partition coefficient (Wildman–Crippen LogP) is 4.46. The van der Waals surface area contributed by atoms with E-state index in [1.54, 1.807) is 41.2 Å². The molecule has 0 saturated carbocycles. The highest BCUT2D eigenvalue weighted by molar-refractivity contribution is 6.03. The van der Waals surface area contributed by atoms with Crippen LogP contribution in [0, 0.1) is 0 Å². The Bertz CT molecular complexity index is 1330. The molecule has 0 aliphatic rings. The molecule has 2 amide bonds. The van der Waals surface area contributed by atoms with Crippen LogP contribution in [0.2, 0.25) is 0 Å². The summed E-state index contributed by atoms with van der Waals surface area (Å²) in [7, 11) is 0. The summed E-state index contributed by atoms with van der Waals surface area (Å²) in [5, 5.41) is 28.4. The second-order valence-corrected chi connectivity index (χ2v) is 6.72. The molecule has 0 fully saturated rings. The highest BCUT2D eigenvalue weighted by Crippen LogP contribution is 2.36. The highest BCUT2D eigenvalue weighted by atomic mass is 16.3. The second kappa shape index (κ2) is 8.11. The molecule has 0 unspecified atom stereocenters. The standard InChI is InChI=1S/C23H18N4O4/c1-2-11-27-22(30)16-10-9-15(14-18(16)23(27)31)20(28)24-25-21(29)17-7-3-4-8-19(17)26-12-5-6-13-26/h2-10,12-14,30-31H,1,11H2. The number of carbonyl (C=O) groups excluding carboxylic acids is 2. The van der Waals surface area contributed by atoms with Crippen LogP contribution in [0.25, 0.3) is 16.5 Å². The third-order valence-electron chi connectivity index (χ3n) is 4.82. The number of aromatic nitrogens is 2. The molecule has 154 valence electrons. The van der Waals surface area contributed by atoms with Gasteiger partial charge in [0.25, 0.3) is 11.8 Å². The Kier molecular flexibility index (Phi) is 5.19. The van der Waals surface area contributed by atoms with Gasteiger partial charge in [-0.3, -0.25) is 14.2 Å². The largest absolute Gasteiger partial charge is 0.494 e. The van der Waals surface area contributed by atoms with E-state index in [1.807, 2.05) is 12.1 Å². The summed E-state index contributed by atoms with van der Waals surface area (Å²) in [6.07, 6.45) is 5.11. The minimum atomic E-state index is -0.746. The van der Waals surface area contributed by atoms with Crippen molar-refractivity contribution in [2.24, 2.45) is 10.2 Å². The SMILES string of the molecule is C=CCn1c(O)c2ccc(C(=O)N=NC(=O)c3ccccc3-n3cccc3)cc2c1O. The van der Waals surface area contributed by atoms with Crippen LogP contribution in [0.1, 0.15) is 20.7 Å². The summed E-state index contributed by atoms with van der Waals surface area (Å²) in [6.45, 7) is 3.78. The zero-order valence-corrected chi connectivity index (χ0v) is 16.3. The summed E-state index contributed by atoms with van der Waals surface area (Å²) in [4.78, 5) is 25.1. The van der Waals surface area contributed by atoms with Crippen LogP contribution in [0.5, 0.6) is 11.8 Å². The molecule has 8 nitrogen and oxygen atoms in total. The topological polar surface area (TPSA) is 109 Å². The van der Waals surface area contributed by atoms with Gasteiger partial charge in [0.2, 0.25) is 11.8 Å². The van der Waals surface area contributed by atoms with Crippen molar-refractivity contribution in [3.8, 4) is 17.4 Å². The van der Waals surface area contributed by atoms with Gasteiger partial charge in [-0.1, -0.05) is 18.2 Å². The second-order valence-electron chi connectivity index (χ2n) is 6.72. The van der Waals surface area contributed by atoms with Gasteiger partial charge in [-0.05, 0) is 42.5 Å². The number of amides is 2. The van der Waals surface area contributed by atoms with Gasteiger partial charge in [-0.2, -0.15) is 0 Å². The van der Waals surface area contributed by atoms with E-state index >= 15 is 0 Å². The molecule has 0 radical (unpaired) electrons. The number of hydrogen-bond donors (Lipinski definition) is 2. The maximum Gasteiger partial charge on any atom is 0.297 e. The van der Waals surface area contributed by atoms with E-state index in [4.69, 9.17) is 0 Å². The highest BCUT2D eigenvalue weighted by Gasteiger charge is 2.18. The molecule has 2 heterocycles. The van der Waals surface area contributed by atoms with Gasteiger partial charge in [0.1, 0.15) is 0 Å². The molecular weight excluding hydrogens is 396 g/mol. The van der Waals surface area contributed by atoms with Crippen molar-refractivity contribution in [1.29, 1.82) is 0 Å². The molecule has 2 N–H and O–H groups in total. The average molecular weight is 414 g/mol. The minimum Gasteiger partial charge on any atom is -0.494 e. The molecule has 0 aliphatic carbocycles. The van der Waals surface area contributed by atoms with Crippen LogP contribution in [-0.4, -0.2) is 31.2 Å². The summed E-state index contributed by atoms with van der Waals surface area (Å²) in [5.74, 6) is -1.74. The van der Waals surface area contributed by atoms with E-state index < -0.39 is 11.8 Å². The molecule has 4 aromatic rings. The maximum atomic E-state index is 12.6. The molecule has 0 bridgehead atoms. The fraction of sp³-hybridized carbons (Fsp3) is 0.0435. The first-order valence-electron chi connectivity index (χ1n) is 9.39. The molecule has 4 rings (SSSR count). The molecule has 2 aromatic heterocycles. The molecule has 0 spiro atoms. The maximum absolute atomic E-state index is 12.6. The number of carbonyl (C=O) groups is 2. The van der Waals surface area contributed by atoms with Crippen LogP contribution in [-0.2, 0) is 6.54 Å². The number of fused-ring (bicyclic) bond motifs is 1. The Balaban J connectivity index is 1.62. The number of rotatable bonds is 5. The molecular formula is C23H18N4O4. The fourth-order valence-corrected chi connectivity index (χ4v) is 3.33. The number of aromatic hydroxyl groups is 2. The van der Waals surface area contributed by atoms with E-state index in [1.165, 1.54) is 28.8 Å². The number of benzene rings is 2. The zero-order valence-electron chi connectivity index (χ0n) is 16.3. The van der Waals surface area contributed by atoms with E-state index in [9.17, 15) is 19.8 Å². The lowest BCUT2D eigenvalue weighted by atomic mass is 10.1. The smallest absolute Gasteiger partial charge is 0.297 e. The van der Waals surface area contributed by atoms with Crippen molar-refractivity contribution in [1.82, 2.24) is 9.13 Å². The molecule has 0 atom stereocenters. The summed E-state index contributed by atoms with van der Waals surface area (Å²) in [5.41, 5.74) is 1.04. The van der Waals surface area contributed by atoms with Gasteiger partial charge in [0.15, 0.2) is 0 Å². The molecule has 31 heavy (non-hydrogen) atoms. The van der Waals surface area contributed by atoms with E-state index in [0.717, 1.165) is 0 Å². The summed E-state index contributed by atoms with van der Waals surface area (Å²) >= 11 is 0. The van der Waals surface area contributed by atoms with Crippen LogP contribution in [0.4, 0.5) is 0 Å². The quantitative estimate of drug-likeness (QED) is 0.371. The first kappa shape index (κ1) is 19.8. The number of allylic oxidation sites excluding steroid dienone is 1. The molecule has 8 heteroatoms. The van der Waals surface area contributed by atoms with Crippen LogP contribution in [0.3, 0.4) is 0 Å². The lowest BCUT2D eigenvalue weighted by molar-refractivity contribution is 0.0947. The summed E-state index contributed by atoms with van der Waals surface area (Å²) in [6, 6.07) is 14.9. The van der Waals surface area contributed by atoms with Crippen LogP contribution < -0.4 is 0 Å². The zero-order chi connectivity index (χ0) is 22.0. The van der Waals surface area contributed by atoms with E-state index in [-0.39, 0.29) is 29.3 Å². The van der Waals surface area contributed by atoms with Gasteiger partial charge in [-0.15, -0.1) is 16.8 Å². The van der Waals surface area contributed by atoms with Crippen molar-refractivity contribution in [3.05, 3.63) is 90.8 Å². The Labute approximate surface area is 177 Å². The van der Waals surface area contributed by atoms with Crippen molar-refractivity contribution < 1.29 is 19.8 Å². The summed E-state index contributed by atoms with van der Waals surface area (Å²) < 4.78 is 3.02. The van der Waals surface area contributed by atoms with Crippen molar-refractivity contribution in [3.63, 3.8) is 0 Å². The third-order valence-corrected chi connectivity index (χ3v) is 4.82. The first-order chi connectivity index (χ1) is 15.0. The fourth-order valence-electron chi connectivity index (χ4n) is 3.33. The Morgan fingerprint density at radius 3 is 2.32 bits per heavy atom. The van der Waals surface area contributed by atoms with Crippen LogP contribution in [0.15, 0.2) is 89.9 Å². The first-order valence-corrected chi connectivity index (χ1v) is 9.39. The van der Waals surface area contributed by atoms with Gasteiger partial charge in [0, 0.05) is 35.3 Å². The normalized spacial score (nSPS) is 11.2. The van der Waals surface area contributed by atoms with E-state index in [2.05, 4.69) is 16.8 Å². The van der Waals surface area contributed by atoms with Crippen molar-refractivity contribution in [2.45, 2.75) is 6.54 Å². The number of hydrogen-bond acceptors (Lipinski definition) is 4. The van der Waals surface area contributed by atoms with E-state index in [0.29, 0.717) is 16.6 Å². The Morgan fingerprint density at radius 1 is 0.903 bits per heavy atom. The minimum absolute atomic E-state index is 0.119. The third kappa shape index (κ3) is 3.62. The lowest BCUT2D eigenvalue weighted by Gasteiger charge is -2.06. The van der Waals surface area contributed by atoms with Gasteiger partial charge in [0.05, 0.1) is 11.3 Å². The van der Waals surface area contributed by atoms with Crippen LogP contribution >= 0.6 is 0 Å². The number of para-hydroxylation sites is 1. The van der Waals surface area contributed by atoms with Crippen molar-refractivity contribution >= 4 is 22.6 Å². The molecule has 2 aromatic carbocycles. The number of nitrogens with zero attached hydrogens (tertiary/aromatic N) is 4. The average Bonchev–Trinajstić information content (AvgIpc) is 3.41. The molecule has 0 aliphatic heterocycles. The van der Waals surface area contributed by atoms with Gasteiger partial charge in [-0.25, -0.2) is 0 Å². The Hall–Kier alpha value is -4.46. The lowest BCUT2D eigenvalue weighted by Crippen LogP contribution is -2.03.